The van der Waals surface area contributed by atoms with Crippen LogP contribution in [0.5, 0.6) is 5.75 Å². The molecule has 0 aliphatic carbocycles. The van der Waals surface area contributed by atoms with Crippen LogP contribution in [0.2, 0.25) is 0 Å². The molecule has 2 unspecified atom stereocenters. The van der Waals surface area contributed by atoms with Crippen LogP contribution in [0.15, 0.2) is 30.3 Å². The lowest BCUT2D eigenvalue weighted by Gasteiger charge is -2.11. The third kappa shape index (κ3) is 2.90. The first-order valence-corrected chi connectivity index (χ1v) is 4.47. The molecule has 0 aliphatic heterocycles. The number of hydrogen-bond acceptors (Lipinski definition) is 1. The fourth-order valence-electron chi connectivity index (χ4n) is 0.757. The number of ether oxygens (including phenoxy) is 1. The predicted octanol–water partition coefficient (Wildman–Crippen LogP) is 2.68. The van der Waals surface area contributed by atoms with E-state index in [1.54, 1.807) is 0 Å². The first-order valence-electron chi connectivity index (χ1n) is 3.80. The van der Waals surface area contributed by atoms with E-state index in [0.717, 1.165) is 12.2 Å². The molecule has 60 valence electrons. The van der Waals surface area contributed by atoms with Crippen molar-refractivity contribution in [3.8, 4) is 5.75 Å². The molecule has 0 bridgehead atoms. The van der Waals surface area contributed by atoms with Crippen LogP contribution in [-0.2, 0) is 0 Å². The molecule has 0 N–H and O–H groups in total. The Bertz CT molecular complexity index is 198. The third-order valence-corrected chi connectivity index (χ3v) is 2.04. The monoisotopic (exact) mass is 168 g/mol. The van der Waals surface area contributed by atoms with Gasteiger partial charge in [-0.05, 0) is 18.6 Å². The van der Waals surface area contributed by atoms with Gasteiger partial charge in [-0.2, -0.15) is 0 Å². The Balaban J connectivity index is 2.51. The summed E-state index contributed by atoms with van der Waals surface area (Å²) in [6.45, 7) is 2.10. The van der Waals surface area contributed by atoms with Gasteiger partial charge in [0.15, 0.2) is 0 Å². The summed E-state index contributed by atoms with van der Waals surface area (Å²) in [7, 11) is 2.66. The van der Waals surface area contributed by atoms with Gasteiger partial charge in [-0.25, -0.2) is 0 Å². The Kier molecular flexibility index (Phi) is 3.38. The predicted molar refractivity (Wildman–Crippen MR) is 50.9 cm³/mol. The van der Waals surface area contributed by atoms with Crippen molar-refractivity contribution < 1.29 is 4.74 Å². The molecule has 2 heteroatoms. The van der Waals surface area contributed by atoms with Gasteiger partial charge in [0, 0.05) is 0 Å². The minimum Gasteiger partial charge on any atom is -0.487 e. The first kappa shape index (κ1) is 8.55. The van der Waals surface area contributed by atoms with Crippen LogP contribution >= 0.6 is 9.24 Å². The van der Waals surface area contributed by atoms with Gasteiger partial charge < -0.3 is 4.74 Å². The summed E-state index contributed by atoms with van der Waals surface area (Å²) in [5.41, 5.74) is 0. The van der Waals surface area contributed by atoms with Gasteiger partial charge in [-0.1, -0.05) is 34.4 Å². The molecule has 0 heterocycles. The van der Waals surface area contributed by atoms with E-state index in [4.69, 9.17) is 4.74 Å². The van der Waals surface area contributed by atoms with Crippen LogP contribution in [0, 0.1) is 0 Å². The second-order valence-electron chi connectivity index (χ2n) is 2.38. The number of benzene rings is 1. The number of rotatable bonds is 3. The zero-order chi connectivity index (χ0) is 8.10. The molecule has 0 radical (unpaired) electrons. The van der Waals surface area contributed by atoms with Gasteiger partial charge in [0.25, 0.3) is 0 Å². The fraction of sp³-hybridized carbons (Fsp3) is 0.333. The van der Waals surface area contributed by atoms with Crippen LogP contribution in [-0.4, -0.2) is 5.85 Å². The molecule has 0 saturated heterocycles. The van der Waals surface area contributed by atoms with Gasteiger partial charge in [0.1, 0.15) is 11.6 Å². The molecule has 2 atom stereocenters. The largest absolute Gasteiger partial charge is 0.487 e. The van der Waals surface area contributed by atoms with Crippen LogP contribution in [0.4, 0.5) is 0 Å². The first-order chi connectivity index (χ1) is 5.33. The summed E-state index contributed by atoms with van der Waals surface area (Å²) in [6, 6.07) is 9.86. The smallest absolute Gasteiger partial charge is 0.120 e. The Morgan fingerprint density at radius 3 is 2.55 bits per heavy atom. The van der Waals surface area contributed by atoms with Crippen molar-refractivity contribution in [2.24, 2.45) is 0 Å². The highest BCUT2D eigenvalue weighted by atomic mass is 31.0. The highest BCUT2D eigenvalue weighted by Crippen LogP contribution is 2.15. The average molecular weight is 168 g/mol. The van der Waals surface area contributed by atoms with Crippen molar-refractivity contribution in [1.29, 1.82) is 0 Å². The lowest BCUT2D eigenvalue weighted by molar-refractivity contribution is 0.283. The Labute approximate surface area is 70.0 Å². The topological polar surface area (TPSA) is 9.23 Å². The quantitative estimate of drug-likeness (QED) is 0.630. The van der Waals surface area contributed by atoms with Gasteiger partial charge in [0.2, 0.25) is 0 Å². The standard InChI is InChI=1S/C9H13OP/c1-2-9(11)10-8-6-4-3-5-7-8/h3-7,9H,2,11H2,1H3. The summed E-state index contributed by atoms with van der Waals surface area (Å²) < 4.78 is 5.53. The van der Waals surface area contributed by atoms with Crippen molar-refractivity contribution in [2.45, 2.75) is 19.2 Å². The molecular weight excluding hydrogens is 155 g/mol. The minimum atomic E-state index is 0.234. The lowest BCUT2D eigenvalue weighted by Crippen LogP contribution is -2.05. The van der Waals surface area contributed by atoms with E-state index < -0.39 is 0 Å². The highest BCUT2D eigenvalue weighted by Gasteiger charge is 1.98. The number of hydrogen-bond donors (Lipinski definition) is 0. The van der Waals surface area contributed by atoms with Crippen molar-refractivity contribution >= 4 is 9.24 Å². The molecular formula is C9H13OP. The molecule has 0 saturated carbocycles. The van der Waals surface area contributed by atoms with E-state index >= 15 is 0 Å². The third-order valence-electron chi connectivity index (χ3n) is 1.43. The minimum absolute atomic E-state index is 0.234. The van der Waals surface area contributed by atoms with Crippen LogP contribution in [0.3, 0.4) is 0 Å². The van der Waals surface area contributed by atoms with Gasteiger partial charge in [0.05, 0.1) is 0 Å². The van der Waals surface area contributed by atoms with E-state index in [-0.39, 0.29) is 5.85 Å². The maximum Gasteiger partial charge on any atom is 0.120 e. The molecule has 0 aromatic heterocycles. The second-order valence-corrected chi connectivity index (χ2v) is 3.12. The molecule has 1 rings (SSSR count). The zero-order valence-electron chi connectivity index (χ0n) is 6.66. The molecule has 1 aromatic rings. The Hall–Kier alpha value is -0.550. The van der Waals surface area contributed by atoms with Crippen molar-refractivity contribution in [1.82, 2.24) is 0 Å². The van der Waals surface area contributed by atoms with Crippen LogP contribution in [0.1, 0.15) is 13.3 Å². The van der Waals surface area contributed by atoms with Crippen molar-refractivity contribution in [3.63, 3.8) is 0 Å². The average Bonchev–Trinajstić information content (AvgIpc) is 2.06. The van der Waals surface area contributed by atoms with Gasteiger partial charge in [-0.15, -0.1) is 0 Å². The van der Waals surface area contributed by atoms with Crippen molar-refractivity contribution in [3.05, 3.63) is 30.3 Å². The molecule has 11 heavy (non-hydrogen) atoms. The van der Waals surface area contributed by atoms with E-state index in [9.17, 15) is 0 Å². The Morgan fingerprint density at radius 1 is 1.36 bits per heavy atom. The summed E-state index contributed by atoms with van der Waals surface area (Å²) in [5.74, 6) is 1.17. The highest BCUT2D eigenvalue weighted by molar-refractivity contribution is 7.17. The molecule has 0 spiro atoms. The van der Waals surface area contributed by atoms with Crippen LogP contribution < -0.4 is 4.74 Å². The van der Waals surface area contributed by atoms with Gasteiger partial charge in [-0.3, -0.25) is 0 Å². The number of para-hydroxylation sites is 1. The molecule has 0 fully saturated rings. The van der Waals surface area contributed by atoms with Gasteiger partial charge >= 0.3 is 0 Å². The summed E-state index contributed by atoms with van der Waals surface area (Å²) in [6.07, 6.45) is 1.01. The lowest BCUT2D eigenvalue weighted by atomic mass is 10.3. The zero-order valence-corrected chi connectivity index (χ0v) is 7.81. The van der Waals surface area contributed by atoms with E-state index in [1.807, 2.05) is 30.3 Å². The summed E-state index contributed by atoms with van der Waals surface area (Å²) in [5, 5.41) is 0. The van der Waals surface area contributed by atoms with Crippen LogP contribution in [0.25, 0.3) is 0 Å². The SMILES string of the molecule is CCC(P)Oc1ccccc1. The normalized spacial score (nSPS) is 12.5. The molecule has 0 amide bonds. The Morgan fingerprint density at radius 2 is 2.00 bits per heavy atom. The van der Waals surface area contributed by atoms with E-state index in [1.165, 1.54) is 0 Å². The maximum atomic E-state index is 5.53. The maximum absolute atomic E-state index is 5.53. The molecule has 1 aromatic carbocycles. The van der Waals surface area contributed by atoms with Crippen molar-refractivity contribution in [2.75, 3.05) is 0 Å². The van der Waals surface area contributed by atoms with E-state index in [2.05, 4.69) is 16.2 Å². The molecule has 0 aliphatic rings. The fourth-order valence-corrected chi connectivity index (χ4v) is 0.914. The second kappa shape index (κ2) is 4.35. The van der Waals surface area contributed by atoms with E-state index in [0.29, 0.717) is 0 Å². The molecule has 1 nitrogen and oxygen atoms in total. The summed E-state index contributed by atoms with van der Waals surface area (Å²) >= 11 is 0. The summed E-state index contributed by atoms with van der Waals surface area (Å²) in [4.78, 5) is 0.